The van der Waals surface area contributed by atoms with Gasteiger partial charge in [-0.05, 0) is 12.1 Å². The Morgan fingerprint density at radius 1 is 1.26 bits per heavy atom. The number of likely N-dealkylation sites (N-methyl/N-ethyl adjacent to an activating group) is 1. The van der Waals surface area contributed by atoms with Gasteiger partial charge in [-0.25, -0.2) is 9.59 Å². The summed E-state index contributed by atoms with van der Waals surface area (Å²) in [5, 5.41) is 2.71. The first-order valence-electron chi connectivity index (χ1n) is 7.06. The normalized spacial score (nSPS) is 10.0. The fourth-order valence-corrected chi connectivity index (χ4v) is 1.93. The van der Waals surface area contributed by atoms with Crippen LogP contribution in [0.5, 0.6) is 0 Å². The minimum atomic E-state index is -0.497. The maximum atomic E-state index is 12.2. The molecule has 23 heavy (non-hydrogen) atoms. The van der Waals surface area contributed by atoms with Crippen LogP contribution in [-0.4, -0.2) is 47.6 Å². The van der Waals surface area contributed by atoms with Crippen LogP contribution in [0.2, 0.25) is 0 Å². The van der Waals surface area contributed by atoms with Gasteiger partial charge in [0.2, 0.25) is 0 Å². The number of nitrogens with zero attached hydrogens (tertiary/aromatic N) is 3. The van der Waals surface area contributed by atoms with Gasteiger partial charge in [-0.15, -0.1) is 0 Å². The second kappa shape index (κ2) is 7.88. The van der Waals surface area contributed by atoms with E-state index in [0.717, 1.165) is 5.69 Å². The minimum absolute atomic E-state index is 0.311. The van der Waals surface area contributed by atoms with E-state index in [1.165, 1.54) is 12.0 Å². The van der Waals surface area contributed by atoms with Crippen LogP contribution < -0.4 is 5.32 Å². The smallest absolute Gasteiger partial charge is 0.339 e. The van der Waals surface area contributed by atoms with Gasteiger partial charge in [-0.1, -0.05) is 12.1 Å². The highest BCUT2D eigenvalue weighted by Gasteiger charge is 2.15. The molecular formula is C16H18N4O3. The van der Waals surface area contributed by atoms with Crippen molar-refractivity contribution in [1.82, 2.24) is 14.9 Å². The SMILES string of the molecule is COC(=O)c1ccccc1NC(=O)N(C)CCc1cnccn1. The number of para-hydroxylation sites is 1. The summed E-state index contributed by atoms with van der Waals surface area (Å²) in [6.45, 7) is 0.477. The highest BCUT2D eigenvalue weighted by Crippen LogP contribution is 2.16. The number of benzene rings is 1. The van der Waals surface area contributed by atoms with Gasteiger partial charge in [0.1, 0.15) is 0 Å². The van der Waals surface area contributed by atoms with E-state index in [1.54, 1.807) is 49.9 Å². The van der Waals surface area contributed by atoms with E-state index in [4.69, 9.17) is 4.74 Å². The molecule has 0 aliphatic heterocycles. The predicted octanol–water partition coefficient (Wildman–Crippen LogP) is 1.97. The quantitative estimate of drug-likeness (QED) is 0.853. The molecule has 1 aromatic carbocycles. The van der Waals surface area contributed by atoms with E-state index in [1.807, 2.05) is 0 Å². The number of hydrogen-bond acceptors (Lipinski definition) is 5. The van der Waals surface area contributed by atoms with Crippen molar-refractivity contribution in [2.24, 2.45) is 0 Å². The van der Waals surface area contributed by atoms with Crippen LogP contribution in [0.25, 0.3) is 0 Å². The molecule has 0 unspecified atom stereocenters. The van der Waals surface area contributed by atoms with Crippen LogP contribution in [0.1, 0.15) is 16.1 Å². The number of anilines is 1. The van der Waals surface area contributed by atoms with E-state index >= 15 is 0 Å². The number of methoxy groups -OCH3 is 1. The largest absolute Gasteiger partial charge is 0.465 e. The standard InChI is InChI=1S/C16H18N4O3/c1-20(10-7-12-11-17-8-9-18-12)16(22)19-14-6-4-3-5-13(14)15(21)23-2/h3-6,8-9,11H,7,10H2,1-2H3,(H,19,22). The number of ether oxygens (including phenoxy) is 1. The molecule has 0 aliphatic carbocycles. The minimum Gasteiger partial charge on any atom is -0.465 e. The van der Waals surface area contributed by atoms with E-state index in [9.17, 15) is 9.59 Å². The number of carbonyl (C=O) groups is 2. The van der Waals surface area contributed by atoms with Crippen molar-refractivity contribution in [2.75, 3.05) is 26.0 Å². The molecule has 2 rings (SSSR count). The summed E-state index contributed by atoms with van der Waals surface area (Å²) in [6, 6.07) is 6.38. The summed E-state index contributed by atoms with van der Waals surface area (Å²) in [5.74, 6) is -0.497. The van der Waals surface area contributed by atoms with Crippen LogP contribution >= 0.6 is 0 Å². The maximum Gasteiger partial charge on any atom is 0.339 e. The molecule has 0 fully saturated rings. The Morgan fingerprint density at radius 3 is 2.74 bits per heavy atom. The molecule has 0 bridgehead atoms. The van der Waals surface area contributed by atoms with Crippen molar-refractivity contribution >= 4 is 17.7 Å². The van der Waals surface area contributed by atoms with Crippen LogP contribution in [0, 0.1) is 0 Å². The number of carbonyl (C=O) groups excluding carboxylic acids is 2. The molecule has 7 nitrogen and oxygen atoms in total. The van der Waals surface area contributed by atoms with Crippen molar-refractivity contribution < 1.29 is 14.3 Å². The first-order valence-corrected chi connectivity index (χ1v) is 7.06. The Bertz CT molecular complexity index is 676. The first kappa shape index (κ1) is 16.4. The van der Waals surface area contributed by atoms with Gasteiger partial charge in [-0.2, -0.15) is 0 Å². The Balaban J connectivity index is 1.97. The lowest BCUT2D eigenvalue weighted by Crippen LogP contribution is -2.33. The molecule has 120 valence electrons. The van der Waals surface area contributed by atoms with Crippen LogP contribution in [0.4, 0.5) is 10.5 Å². The zero-order valence-corrected chi connectivity index (χ0v) is 13.0. The Kier molecular flexibility index (Phi) is 5.62. The zero-order valence-electron chi connectivity index (χ0n) is 13.0. The summed E-state index contributed by atoms with van der Waals surface area (Å²) in [4.78, 5) is 33.6. The molecule has 0 aliphatic rings. The van der Waals surface area contributed by atoms with Crippen molar-refractivity contribution in [2.45, 2.75) is 6.42 Å². The molecule has 0 radical (unpaired) electrons. The molecule has 0 saturated heterocycles. The zero-order chi connectivity index (χ0) is 16.7. The van der Waals surface area contributed by atoms with Crippen LogP contribution in [0.3, 0.4) is 0 Å². The predicted molar refractivity (Wildman–Crippen MR) is 85.2 cm³/mol. The second-order valence-electron chi connectivity index (χ2n) is 4.84. The maximum absolute atomic E-state index is 12.2. The molecule has 1 aromatic heterocycles. The number of rotatable bonds is 5. The van der Waals surface area contributed by atoms with Crippen molar-refractivity contribution in [1.29, 1.82) is 0 Å². The van der Waals surface area contributed by atoms with E-state index in [0.29, 0.717) is 24.2 Å². The number of esters is 1. The van der Waals surface area contributed by atoms with Crippen molar-refractivity contribution in [3.8, 4) is 0 Å². The van der Waals surface area contributed by atoms with Gasteiger partial charge in [0.05, 0.1) is 24.1 Å². The number of aromatic nitrogens is 2. The Morgan fingerprint density at radius 2 is 2.04 bits per heavy atom. The Hall–Kier alpha value is -2.96. The van der Waals surface area contributed by atoms with Gasteiger partial charge in [0.25, 0.3) is 0 Å². The lowest BCUT2D eigenvalue weighted by molar-refractivity contribution is 0.0602. The fraction of sp³-hybridized carbons (Fsp3) is 0.250. The molecule has 7 heteroatoms. The monoisotopic (exact) mass is 314 g/mol. The van der Waals surface area contributed by atoms with Crippen molar-refractivity contribution in [3.05, 3.63) is 54.1 Å². The van der Waals surface area contributed by atoms with Crippen LogP contribution in [0.15, 0.2) is 42.9 Å². The van der Waals surface area contributed by atoms with Crippen LogP contribution in [-0.2, 0) is 11.2 Å². The van der Waals surface area contributed by atoms with Gasteiger partial charge >= 0.3 is 12.0 Å². The summed E-state index contributed by atoms with van der Waals surface area (Å²) in [5.41, 5.74) is 1.53. The molecule has 0 spiro atoms. The molecule has 1 heterocycles. The molecular weight excluding hydrogens is 296 g/mol. The third-order valence-electron chi connectivity index (χ3n) is 3.24. The highest BCUT2D eigenvalue weighted by molar-refractivity contribution is 6.00. The van der Waals surface area contributed by atoms with E-state index in [2.05, 4.69) is 15.3 Å². The fourth-order valence-electron chi connectivity index (χ4n) is 1.93. The number of amides is 2. The summed E-state index contributed by atoms with van der Waals surface area (Å²) in [6.07, 6.45) is 5.47. The average Bonchev–Trinajstić information content (AvgIpc) is 2.60. The van der Waals surface area contributed by atoms with E-state index in [-0.39, 0.29) is 6.03 Å². The topological polar surface area (TPSA) is 84.4 Å². The molecule has 1 N–H and O–H groups in total. The van der Waals surface area contributed by atoms with Gasteiger partial charge in [-0.3, -0.25) is 9.97 Å². The number of hydrogen-bond donors (Lipinski definition) is 1. The third kappa shape index (κ3) is 4.50. The van der Waals surface area contributed by atoms with E-state index < -0.39 is 5.97 Å². The van der Waals surface area contributed by atoms with Crippen molar-refractivity contribution in [3.63, 3.8) is 0 Å². The average molecular weight is 314 g/mol. The van der Waals surface area contributed by atoms with Gasteiger partial charge < -0.3 is 15.0 Å². The summed E-state index contributed by atoms with van der Waals surface area (Å²) < 4.78 is 4.71. The number of nitrogens with one attached hydrogen (secondary N) is 1. The lowest BCUT2D eigenvalue weighted by Gasteiger charge is -2.18. The molecule has 2 amide bonds. The Labute approximate surface area is 134 Å². The van der Waals surface area contributed by atoms with Gasteiger partial charge in [0, 0.05) is 38.6 Å². The summed E-state index contributed by atoms with van der Waals surface area (Å²) in [7, 11) is 2.97. The molecule has 0 saturated carbocycles. The molecule has 0 atom stereocenters. The highest BCUT2D eigenvalue weighted by atomic mass is 16.5. The first-order chi connectivity index (χ1) is 11.1. The van der Waals surface area contributed by atoms with Gasteiger partial charge in [0.15, 0.2) is 0 Å². The second-order valence-corrected chi connectivity index (χ2v) is 4.84. The number of urea groups is 1. The summed E-state index contributed by atoms with van der Waals surface area (Å²) >= 11 is 0. The third-order valence-corrected chi connectivity index (χ3v) is 3.24. The lowest BCUT2D eigenvalue weighted by atomic mass is 10.2. The molecule has 2 aromatic rings.